The zero-order chi connectivity index (χ0) is 20.5. The SMILES string of the molecule is CC1=C(c2cc(C(=O)Nc3ccc(Cl)c(Cl)c3)nc(N)n2)Sc2ccccc2N1. The number of carbonyl (C=O) groups is 1. The van der Waals surface area contributed by atoms with Crippen molar-refractivity contribution in [3.8, 4) is 0 Å². The van der Waals surface area contributed by atoms with Crippen LogP contribution in [0.4, 0.5) is 17.3 Å². The van der Waals surface area contributed by atoms with Gasteiger partial charge in [-0.3, -0.25) is 4.79 Å². The minimum absolute atomic E-state index is 0.0153. The molecule has 1 aromatic heterocycles. The minimum atomic E-state index is -0.425. The number of amides is 1. The van der Waals surface area contributed by atoms with Crippen molar-refractivity contribution in [3.63, 3.8) is 0 Å². The fourth-order valence-electron chi connectivity index (χ4n) is 2.82. The van der Waals surface area contributed by atoms with Gasteiger partial charge in [0, 0.05) is 16.3 Å². The molecule has 0 aliphatic carbocycles. The van der Waals surface area contributed by atoms with Gasteiger partial charge in [0.15, 0.2) is 0 Å². The lowest BCUT2D eigenvalue weighted by Crippen LogP contribution is -2.16. The third-order valence-corrected chi connectivity index (χ3v) is 6.18. The lowest BCUT2D eigenvalue weighted by Gasteiger charge is -2.22. The summed E-state index contributed by atoms with van der Waals surface area (Å²) in [7, 11) is 0. The number of carbonyl (C=O) groups excluding carboxylic acids is 1. The highest BCUT2D eigenvalue weighted by molar-refractivity contribution is 8.08. The minimum Gasteiger partial charge on any atom is -0.368 e. The van der Waals surface area contributed by atoms with Gasteiger partial charge in [-0.25, -0.2) is 9.97 Å². The largest absolute Gasteiger partial charge is 0.368 e. The van der Waals surface area contributed by atoms with Crippen LogP contribution in [-0.4, -0.2) is 15.9 Å². The van der Waals surface area contributed by atoms with Crippen LogP contribution in [0.2, 0.25) is 10.0 Å². The third kappa shape index (κ3) is 4.17. The zero-order valence-electron chi connectivity index (χ0n) is 15.2. The predicted octanol–water partition coefficient (Wildman–Crippen LogP) is 5.52. The summed E-state index contributed by atoms with van der Waals surface area (Å²) in [5, 5.41) is 6.85. The average Bonchev–Trinajstić information content (AvgIpc) is 2.69. The van der Waals surface area contributed by atoms with Crippen molar-refractivity contribution in [2.75, 3.05) is 16.4 Å². The smallest absolute Gasteiger partial charge is 0.274 e. The van der Waals surface area contributed by atoms with Crippen LogP contribution in [0.1, 0.15) is 23.1 Å². The number of para-hydroxylation sites is 1. The number of nitrogens with one attached hydrogen (secondary N) is 2. The molecule has 29 heavy (non-hydrogen) atoms. The molecule has 3 aromatic rings. The summed E-state index contributed by atoms with van der Waals surface area (Å²) in [6, 6.07) is 14.4. The number of nitrogen functional groups attached to an aromatic ring is 1. The molecular formula is C20H15Cl2N5OS. The van der Waals surface area contributed by atoms with E-state index in [1.54, 1.807) is 36.0 Å². The van der Waals surface area contributed by atoms with Crippen LogP contribution in [-0.2, 0) is 0 Å². The molecule has 0 fully saturated rings. The molecule has 4 rings (SSSR count). The number of rotatable bonds is 3. The van der Waals surface area contributed by atoms with E-state index in [0.29, 0.717) is 21.4 Å². The number of allylic oxidation sites excluding steroid dienone is 1. The fraction of sp³-hybridized carbons (Fsp3) is 0.0500. The molecule has 1 amide bonds. The Balaban J connectivity index is 1.64. The predicted molar refractivity (Wildman–Crippen MR) is 119 cm³/mol. The number of anilines is 3. The molecular weight excluding hydrogens is 429 g/mol. The normalized spacial score (nSPS) is 12.9. The third-order valence-electron chi connectivity index (χ3n) is 4.15. The Morgan fingerprint density at radius 1 is 1.10 bits per heavy atom. The lowest BCUT2D eigenvalue weighted by molar-refractivity contribution is 0.102. The van der Waals surface area contributed by atoms with Crippen LogP contribution in [0.25, 0.3) is 4.91 Å². The van der Waals surface area contributed by atoms with Crippen LogP contribution >= 0.6 is 35.0 Å². The molecule has 2 aromatic carbocycles. The number of nitrogens with zero attached hydrogens (tertiary/aromatic N) is 2. The molecule has 0 unspecified atom stereocenters. The van der Waals surface area contributed by atoms with Crippen molar-refractivity contribution < 1.29 is 4.79 Å². The summed E-state index contributed by atoms with van der Waals surface area (Å²) in [5.41, 5.74) is 9.06. The van der Waals surface area contributed by atoms with E-state index in [1.165, 1.54) is 0 Å². The summed E-state index contributed by atoms with van der Waals surface area (Å²) in [4.78, 5) is 23.0. The van der Waals surface area contributed by atoms with E-state index >= 15 is 0 Å². The number of nitrogens with two attached hydrogens (primary N) is 1. The number of hydrogen-bond donors (Lipinski definition) is 3. The van der Waals surface area contributed by atoms with E-state index in [1.807, 2.05) is 31.2 Å². The number of thioether (sulfide) groups is 1. The van der Waals surface area contributed by atoms with Gasteiger partial charge in [0.1, 0.15) is 5.69 Å². The van der Waals surface area contributed by atoms with Crippen molar-refractivity contribution in [1.29, 1.82) is 0 Å². The lowest BCUT2D eigenvalue weighted by atomic mass is 10.2. The Morgan fingerprint density at radius 2 is 1.90 bits per heavy atom. The number of halogens is 2. The molecule has 2 heterocycles. The zero-order valence-corrected chi connectivity index (χ0v) is 17.5. The van der Waals surface area contributed by atoms with Gasteiger partial charge in [0.25, 0.3) is 5.91 Å². The van der Waals surface area contributed by atoms with Crippen LogP contribution in [0.15, 0.2) is 59.1 Å². The first-order valence-electron chi connectivity index (χ1n) is 8.57. The van der Waals surface area contributed by atoms with Crippen LogP contribution in [0, 0.1) is 0 Å². The van der Waals surface area contributed by atoms with Crippen molar-refractivity contribution in [2.45, 2.75) is 11.8 Å². The molecule has 0 saturated carbocycles. The first-order chi connectivity index (χ1) is 13.9. The summed E-state index contributed by atoms with van der Waals surface area (Å²) in [5.74, 6) is -0.410. The highest BCUT2D eigenvalue weighted by atomic mass is 35.5. The summed E-state index contributed by atoms with van der Waals surface area (Å²) in [6.07, 6.45) is 0. The molecule has 9 heteroatoms. The Bertz CT molecular complexity index is 1170. The van der Waals surface area contributed by atoms with Crippen LogP contribution < -0.4 is 16.4 Å². The van der Waals surface area contributed by atoms with Crippen molar-refractivity contribution >= 4 is 63.1 Å². The summed E-state index contributed by atoms with van der Waals surface area (Å²) >= 11 is 13.5. The van der Waals surface area contributed by atoms with E-state index in [2.05, 4.69) is 20.6 Å². The highest BCUT2D eigenvalue weighted by Gasteiger charge is 2.20. The quantitative estimate of drug-likeness (QED) is 0.492. The maximum atomic E-state index is 12.7. The molecule has 6 nitrogen and oxygen atoms in total. The maximum Gasteiger partial charge on any atom is 0.274 e. The maximum absolute atomic E-state index is 12.7. The second-order valence-electron chi connectivity index (χ2n) is 6.26. The fourth-order valence-corrected chi connectivity index (χ4v) is 4.12. The van der Waals surface area contributed by atoms with Gasteiger partial charge in [-0.2, -0.15) is 0 Å². The van der Waals surface area contributed by atoms with Crippen LogP contribution in [0.3, 0.4) is 0 Å². The van der Waals surface area contributed by atoms with E-state index in [0.717, 1.165) is 21.2 Å². The molecule has 1 aliphatic rings. The Labute approximate surface area is 181 Å². The molecule has 0 radical (unpaired) electrons. The number of hydrogen-bond acceptors (Lipinski definition) is 6. The van der Waals surface area contributed by atoms with Gasteiger partial charge in [-0.1, -0.05) is 47.1 Å². The Kier molecular flexibility index (Phi) is 5.36. The molecule has 0 atom stereocenters. The van der Waals surface area contributed by atoms with Crippen molar-refractivity contribution in [3.05, 3.63) is 75.7 Å². The molecule has 146 valence electrons. The van der Waals surface area contributed by atoms with E-state index in [4.69, 9.17) is 28.9 Å². The van der Waals surface area contributed by atoms with Gasteiger partial charge in [-0.05, 0) is 43.3 Å². The Morgan fingerprint density at radius 3 is 2.69 bits per heavy atom. The Hall–Kier alpha value is -2.74. The monoisotopic (exact) mass is 443 g/mol. The number of benzene rings is 2. The van der Waals surface area contributed by atoms with Gasteiger partial charge in [-0.15, -0.1) is 0 Å². The second-order valence-corrected chi connectivity index (χ2v) is 8.12. The first-order valence-corrected chi connectivity index (χ1v) is 10.1. The topological polar surface area (TPSA) is 92.9 Å². The number of aromatic nitrogens is 2. The van der Waals surface area contributed by atoms with Gasteiger partial charge >= 0.3 is 0 Å². The van der Waals surface area contributed by atoms with Crippen molar-refractivity contribution in [2.24, 2.45) is 0 Å². The van der Waals surface area contributed by atoms with Gasteiger partial charge in [0.05, 0.1) is 26.3 Å². The first kappa shape index (κ1) is 19.6. The molecule has 0 saturated heterocycles. The highest BCUT2D eigenvalue weighted by Crippen LogP contribution is 2.44. The standard InChI is InChI=1S/C20H15Cl2N5OS/c1-10-18(29-17-5-3-2-4-14(17)24-10)15-9-16(27-20(23)26-15)19(28)25-11-6-7-12(21)13(22)8-11/h2-9,24H,1H3,(H,25,28)(H2,23,26,27). The van der Waals surface area contributed by atoms with E-state index in [9.17, 15) is 4.79 Å². The summed E-state index contributed by atoms with van der Waals surface area (Å²) in [6.45, 7) is 1.95. The van der Waals surface area contributed by atoms with Gasteiger partial charge in [0.2, 0.25) is 5.95 Å². The molecule has 0 bridgehead atoms. The summed E-state index contributed by atoms with van der Waals surface area (Å²) < 4.78 is 0. The molecule has 4 N–H and O–H groups in total. The van der Waals surface area contributed by atoms with Crippen LogP contribution in [0.5, 0.6) is 0 Å². The number of fused-ring (bicyclic) bond motifs is 1. The molecule has 0 spiro atoms. The van der Waals surface area contributed by atoms with E-state index in [-0.39, 0.29) is 11.6 Å². The molecule has 1 aliphatic heterocycles. The van der Waals surface area contributed by atoms with Gasteiger partial charge < -0.3 is 16.4 Å². The van der Waals surface area contributed by atoms with E-state index < -0.39 is 5.91 Å². The average molecular weight is 444 g/mol. The van der Waals surface area contributed by atoms with Crippen molar-refractivity contribution in [1.82, 2.24) is 9.97 Å². The second kappa shape index (κ2) is 7.94.